The Kier molecular flexibility index (Phi) is 6.56. The van der Waals surface area contributed by atoms with Crippen molar-refractivity contribution < 1.29 is 9.53 Å². The maximum absolute atomic E-state index is 11.7. The molecule has 100 valence electrons. The van der Waals surface area contributed by atoms with Crippen molar-refractivity contribution in [2.75, 3.05) is 6.61 Å². The first-order valence-corrected chi connectivity index (χ1v) is 7.13. The van der Waals surface area contributed by atoms with Gasteiger partial charge in [0.25, 0.3) is 0 Å². The second kappa shape index (κ2) is 7.70. The van der Waals surface area contributed by atoms with Crippen LogP contribution >= 0.6 is 0 Å². The molecule has 1 rings (SSSR count). The molecule has 1 N–H and O–H groups in total. The zero-order chi connectivity index (χ0) is 12.7. The minimum Gasteiger partial charge on any atom is -0.465 e. The van der Waals surface area contributed by atoms with Crippen LogP contribution in [0, 0.1) is 5.92 Å². The van der Waals surface area contributed by atoms with Crippen LogP contribution in [0.4, 0.5) is 0 Å². The van der Waals surface area contributed by atoms with Gasteiger partial charge < -0.3 is 10.1 Å². The van der Waals surface area contributed by atoms with E-state index in [1.807, 2.05) is 13.8 Å². The number of esters is 1. The largest absolute Gasteiger partial charge is 0.465 e. The lowest BCUT2D eigenvalue weighted by atomic mass is 9.84. The summed E-state index contributed by atoms with van der Waals surface area (Å²) in [6.45, 7) is 6.63. The summed E-state index contributed by atoms with van der Waals surface area (Å²) in [5, 5.41) is 3.46. The Labute approximate surface area is 105 Å². The van der Waals surface area contributed by atoms with Gasteiger partial charge in [-0.05, 0) is 44.9 Å². The Morgan fingerprint density at radius 1 is 1.24 bits per heavy atom. The average molecular weight is 241 g/mol. The van der Waals surface area contributed by atoms with E-state index in [4.69, 9.17) is 4.74 Å². The third-order valence-electron chi connectivity index (χ3n) is 3.84. The van der Waals surface area contributed by atoms with Crippen LogP contribution in [-0.4, -0.2) is 24.7 Å². The first kappa shape index (κ1) is 14.5. The van der Waals surface area contributed by atoms with Gasteiger partial charge in [0.2, 0.25) is 0 Å². The molecule has 0 radical (unpaired) electrons. The number of hydrogen-bond acceptors (Lipinski definition) is 3. The van der Waals surface area contributed by atoms with E-state index >= 15 is 0 Å². The molecule has 1 saturated carbocycles. The molecule has 0 aromatic carbocycles. The molecule has 0 heterocycles. The van der Waals surface area contributed by atoms with Crippen molar-refractivity contribution in [3.05, 3.63) is 0 Å². The van der Waals surface area contributed by atoms with Gasteiger partial charge in [0.1, 0.15) is 6.04 Å². The van der Waals surface area contributed by atoms with Gasteiger partial charge in [-0.1, -0.05) is 20.3 Å². The fourth-order valence-electron chi connectivity index (χ4n) is 2.62. The lowest BCUT2D eigenvalue weighted by Gasteiger charge is -2.30. The van der Waals surface area contributed by atoms with Gasteiger partial charge in [-0.2, -0.15) is 0 Å². The normalized spacial score (nSPS) is 26.5. The van der Waals surface area contributed by atoms with Crippen molar-refractivity contribution in [2.45, 2.75) is 71.4 Å². The standard InChI is InChI=1S/C14H27NO2/c1-4-11-7-9-12(10-8-11)15-13(5-2)14(16)17-6-3/h11-13,15H,4-10H2,1-3H3. The highest BCUT2D eigenvalue weighted by atomic mass is 16.5. The van der Waals surface area contributed by atoms with Gasteiger partial charge in [-0.25, -0.2) is 0 Å². The zero-order valence-corrected chi connectivity index (χ0v) is 11.5. The van der Waals surface area contributed by atoms with Crippen LogP contribution in [0.5, 0.6) is 0 Å². The number of hydrogen-bond donors (Lipinski definition) is 1. The van der Waals surface area contributed by atoms with Gasteiger partial charge in [0.05, 0.1) is 6.61 Å². The SMILES string of the molecule is CCOC(=O)C(CC)NC1CCC(CC)CC1. The molecule has 3 nitrogen and oxygen atoms in total. The Bertz CT molecular complexity index is 222. The molecule has 0 bridgehead atoms. The van der Waals surface area contributed by atoms with Crippen molar-refractivity contribution in [3.63, 3.8) is 0 Å². The smallest absolute Gasteiger partial charge is 0.323 e. The van der Waals surface area contributed by atoms with E-state index in [1.54, 1.807) is 0 Å². The minimum atomic E-state index is -0.113. The van der Waals surface area contributed by atoms with Crippen LogP contribution in [-0.2, 0) is 9.53 Å². The molecule has 0 amide bonds. The Balaban J connectivity index is 2.34. The van der Waals surface area contributed by atoms with Crippen molar-refractivity contribution >= 4 is 5.97 Å². The van der Waals surface area contributed by atoms with E-state index in [0.717, 1.165) is 12.3 Å². The highest BCUT2D eigenvalue weighted by Gasteiger charge is 2.25. The summed E-state index contributed by atoms with van der Waals surface area (Å²) in [5.74, 6) is 0.809. The number of nitrogens with one attached hydrogen (secondary N) is 1. The van der Waals surface area contributed by atoms with Gasteiger partial charge in [0, 0.05) is 6.04 Å². The summed E-state index contributed by atoms with van der Waals surface area (Å²) in [6.07, 6.45) is 7.11. The first-order valence-electron chi connectivity index (χ1n) is 7.13. The van der Waals surface area contributed by atoms with Crippen molar-refractivity contribution in [2.24, 2.45) is 5.92 Å². The lowest BCUT2D eigenvalue weighted by Crippen LogP contribution is -2.45. The Hall–Kier alpha value is -0.570. The molecule has 0 aromatic rings. The topological polar surface area (TPSA) is 38.3 Å². The predicted molar refractivity (Wildman–Crippen MR) is 69.9 cm³/mol. The molecule has 0 aromatic heterocycles. The van der Waals surface area contributed by atoms with E-state index in [2.05, 4.69) is 12.2 Å². The van der Waals surface area contributed by atoms with Gasteiger partial charge in [-0.15, -0.1) is 0 Å². The third-order valence-corrected chi connectivity index (χ3v) is 3.84. The average Bonchev–Trinajstić information content (AvgIpc) is 2.37. The van der Waals surface area contributed by atoms with Crippen LogP contribution in [0.2, 0.25) is 0 Å². The molecular weight excluding hydrogens is 214 g/mol. The third kappa shape index (κ3) is 4.66. The molecule has 1 aliphatic rings. The predicted octanol–water partition coefficient (Wildman–Crippen LogP) is 2.89. The Morgan fingerprint density at radius 2 is 1.88 bits per heavy atom. The number of carbonyl (C=O) groups excluding carboxylic acids is 1. The molecule has 1 unspecified atom stereocenters. The van der Waals surface area contributed by atoms with Crippen molar-refractivity contribution in [3.8, 4) is 0 Å². The highest BCUT2D eigenvalue weighted by molar-refractivity contribution is 5.75. The van der Waals surface area contributed by atoms with Gasteiger partial charge in [0.15, 0.2) is 0 Å². The van der Waals surface area contributed by atoms with Gasteiger partial charge >= 0.3 is 5.97 Å². The monoisotopic (exact) mass is 241 g/mol. The summed E-state index contributed by atoms with van der Waals surface area (Å²) >= 11 is 0. The maximum Gasteiger partial charge on any atom is 0.323 e. The number of ether oxygens (including phenoxy) is 1. The fraction of sp³-hybridized carbons (Fsp3) is 0.929. The van der Waals surface area contributed by atoms with E-state index < -0.39 is 0 Å². The summed E-state index contributed by atoms with van der Waals surface area (Å²) in [6, 6.07) is 0.394. The highest BCUT2D eigenvalue weighted by Crippen LogP contribution is 2.26. The van der Waals surface area contributed by atoms with Crippen LogP contribution in [0.1, 0.15) is 59.3 Å². The first-order chi connectivity index (χ1) is 8.21. The second-order valence-corrected chi connectivity index (χ2v) is 5.01. The molecule has 1 aliphatic carbocycles. The summed E-state index contributed by atoms with van der Waals surface area (Å²) in [5.41, 5.74) is 0. The van der Waals surface area contributed by atoms with Crippen LogP contribution in [0.25, 0.3) is 0 Å². The molecule has 0 spiro atoms. The minimum absolute atomic E-state index is 0.0902. The molecular formula is C14H27NO2. The quantitative estimate of drug-likeness (QED) is 0.727. The van der Waals surface area contributed by atoms with Gasteiger partial charge in [-0.3, -0.25) is 4.79 Å². The second-order valence-electron chi connectivity index (χ2n) is 5.01. The molecule has 0 saturated heterocycles. The molecule has 17 heavy (non-hydrogen) atoms. The van der Waals surface area contributed by atoms with Crippen LogP contribution in [0.15, 0.2) is 0 Å². The zero-order valence-electron chi connectivity index (χ0n) is 11.5. The lowest BCUT2D eigenvalue weighted by molar-refractivity contribution is -0.146. The molecule has 3 heteroatoms. The van der Waals surface area contributed by atoms with Crippen molar-refractivity contribution in [1.82, 2.24) is 5.32 Å². The van der Waals surface area contributed by atoms with E-state index in [9.17, 15) is 4.79 Å². The Morgan fingerprint density at radius 3 is 2.35 bits per heavy atom. The summed E-state index contributed by atoms with van der Waals surface area (Å²) in [4.78, 5) is 11.7. The summed E-state index contributed by atoms with van der Waals surface area (Å²) in [7, 11) is 0. The molecule has 0 aliphatic heterocycles. The van der Waals surface area contributed by atoms with E-state index in [-0.39, 0.29) is 12.0 Å². The van der Waals surface area contributed by atoms with E-state index in [1.165, 1.54) is 32.1 Å². The molecule has 1 atom stereocenters. The maximum atomic E-state index is 11.7. The molecule has 1 fully saturated rings. The fourth-order valence-corrected chi connectivity index (χ4v) is 2.62. The number of carbonyl (C=O) groups is 1. The number of rotatable bonds is 6. The summed E-state index contributed by atoms with van der Waals surface area (Å²) < 4.78 is 5.08. The van der Waals surface area contributed by atoms with E-state index in [0.29, 0.717) is 12.6 Å². The van der Waals surface area contributed by atoms with Crippen molar-refractivity contribution in [1.29, 1.82) is 0 Å². The van der Waals surface area contributed by atoms with Crippen LogP contribution < -0.4 is 5.32 Å². The van der Waals surface area contributed by atoms with Crippen LogP contribution in [0.3, 0.4) is 0 Å².